The maximum absolute atomic E-state index is 13.1. The Morgan fingerprint density at radius 2 is 1.65 bits per heavy atom. The van der Waals surface area contributed by atoms with Crippen LogP contribution in [0, 0.1) is 6.92 Å². The summed E-state index contributed by atoms with van der Waals surface area (Å²) in [6.07, 6.45) is -3.62. The molecule has 0 bridgehead atoms. The van der Waals surface area contributed by atoms with Crippen LogP contribution in [0.5, 0.6) is 0 Å². The smallest absolute Gasteiger partial charge is 0.353 e. The van der Waals surface area contributed by atoms with Crippen molar-refractivity contribution < 1.29 is 18.0 Å². The number of halogens is 3. The minimum Gasteiger partial charge on any atom is -0.353 e. The van der Waals surface area contributed by atoms with Gasteiger partial charge >= 0.3 is 6.18 Å². The number of hydrogen-bond donors (Lipinski definition) is 0. The minimum absolute atomic E-state index is 0.240. The van der Waals surface area contributed by atoms with Gasteiger partial charge in [-0.1, -0.05) is 29.8 Å². The SMILES string of the molecule is Cc1ccc(-c2ccc(=O)n(C(C)C(=O)N3CCN(c4ccc(C(F)(F)F)cn4)CC3)n2)cc1. The molecule has 3 aromatic rings. The van der Waals surface area contributed by atoms with Crippen molar-refractivity contribution in [3.8, 4) is 11.3 Å². The minimum atomic E-state index is -4.43. The first-order chi connectivity index (χ1) is 16.1. The lowest BCUT2D eigenvalue weighted by atomic mass is 10.1. The molecule has 1 fully saturated rings. The van der Waals surface area contributed by atoms with E-state index >= 15 is 0 Å². The Kier molecular flexibility index (Phi) is 6.41. The summed E-state index contributed by atoms with van der Waals surface area (Å²) in [6.45, 7) is 5.17. The van der Waals surface area contributed by atoms with E-state index in [0.717, 1.165) is 23.4 Å². The van der Waals surface area contributed by atoms with Crippen LogP contribution >= 0.6 is 0 Å². The summed E-state index contributed by atoms with van der Waals surface area (Å²) in [5, 5.41) is 4.42. The number of alkyl halides is 3. The molecule has 1 atom stereocenters. The number of carbonyl (C=O) groups is 1. The molecular formula is C24H24F3N5O2. The molecule has 1 saturated heterocycles. The van der Waals surface area contributed by atoms with Gasteiger partial charge in [-0.2, -0.15) is 18.3 Å². The maximum atomic E-state index is 13.1. The summed E-state index contributed by atoms with van der Waals surface area (Å²) >= 11 is 0. The molecule has 0 spiro atoms. The molecule has 34 heavy (non-hydrogen) atoms. The highest BCUT2D eigenvalue weighted by Crippen LogP contribution is 2.29. The van der Waals surface area contributed by atoms with Gasteiger partial charge in [0.15, 0.2) is 0 Å². The number of carbonyl (C=O) groups excluding carboxylic acids is 1. The first-order valence-electron chi connectivity index (χ1n) is 10.9. The van der Waals surface area contributed by atoms with E-state index in [0.29, 0.717) is 37.7 Å². The molecule has 1 aliphatic heterocycles. The monoisotopic (exact) mass is 471 g/mol. The second kappa shape index (κ2) is 9.28. The van der Waals surface area contributed by atoms with Crippen LogP contribution in [0.1, 0.15) is 24.1 Å². The van der Waals surface area contributed by atoms with Gasteiger partial charge in [-0.3, -0.25) is 9.59 Å². The number of amides is 1. The second-order valence-electron chi connectivity index (χ2n) is 8.26. The van der Waals surface area contributed by atoms with Crippen molar-refractivity contribution in [2.45, 2.75) is 26.1 Å². The Morgan fingerprint density at radius 1 is 0.971 bits per heavy atom. The molecule has 1 amide bonds. The summed E-state index contributed by atoms with van der Waals surface area (Å²) in [4.78, 5) is 33.0. The lowest BCUT2D eigenvalue weighted by Gasteiger charge is -2.36. The molecule has 178 valence electrons. The molecule has 2 aromatic heterocycles. The van der Waals surface area contributed by atoms with Crippen LogP contribution in [-0.4, -0.2) is 51.8 Å². The zero-order valence-electron chi connectivity index (χ0n) is 18.8. The molecule has 1 aliphatic rings. The Bertz CT molecular complexity index is 1220. The van der Waals surface area contributed by atoms with Crippen molar-refractivity contribution in [2.24, 2.45) is 0 Å². The van der Waals surface area contributed by atoms with E-state index in [4.69, 9.17) is 0 Å². The van der Waals surface area contributed by atoms with Gasteiger partial charge in [-0.05, 0) is 32.0 Å². The average Bonchev–Trinajstić information content (AvgIpc) is 2.84. The van der Waals surface area contributed by atoms with Crippen molar-refractivity contribution in [3.63, 3.8) is 0 Å². The number of benzene rings is 1. The summed E-state index contributed by atoms with van der Waals surface area (Å²) < 4.78 is 39.5. The Hall–Kier alpha value is -3.69. The van der Waals surface area contributed by atoms with Gasteiger partial charge in [-0.15, -0.1) is 0 Å². The molecule has 0 aliphatic carbocycles. The number of nitrogens with zero attached hydrogens (tertiary/aromatic N) is 5. The first kappa shape index (κ1) is 23.5. The predicted molar refractivity (Wildman–Crippen MR) is 121 cm³/mol. The summed E-state index contributed by atoms with van der Waals surface area (Å²) in [5.74, 6) is 0.188. The zero-order chi connectivity index (χ0) is 24.5. The highest BCUT2D eigenvalue weighted by atomic mass is 19.4. The standard InChI is InChI=1S/C24H24F3N5O2/c1-16-3-5-18(6-4-16)20-8-10-22(33)32(29-20)17(2)23(34)31-13-11-30(12-14-31)21-9-7-19(15-28-21)24(25,26)27/h3-10,15,17H,11-14H2,1-2H3. The highest BCUT2D eigenvalue weighted by molar-refractivity contribution is 5.80. The summed E-state index contributed by atoms with van der Waals surface area (Å²) in [7, 11) is 0. The molecule has 1 unspecified atom stereocenters. The van der Waals surface area contributed by atoms with Crippen LogP contribution in [0.3, 0.4) is 0 Å². The first-order valence-corrected chi connectivity index (χ1v) is 10.9. The van der Waals surface area contributed by atoms with Gasteiger partial charge < -0.3 is 9.80 Å². The largest absolute Gasteiger partial charge is 0.417 e. The van der Waals surface area contributed by atoms with Crippen LogP contribution in [0.25, 0.3) is 11.3 Å². The van der Waals surface area contributed by atoms with Crippen molar-refractivity contribution in [1.82, 2.24) is 19.7 Å². The van der Waals surface area contributed by atoms with E-state index < -0.39 is 17.8 Å². The van der Waals surface area contributed by atoms with E-state index in [1.54, 1.807) is 17.9 Å². The average molecular weight is 471 g/mol. The molecular weight excluding hydrogens is 447 g/mol. The fourth-order valence-electron chi connectivity index (χ4n) is 3.85. The Labute approximate surface area is 194 Å². The number of aromatic nitrogens is 3. The number of piperazine rings is 1. The van der Waals surface area contributed by atoms with Crippen LogP contribution in [0.15, 0.2) is 59.5 Å². The highest BCUT2D eigenvalue weighted by Gasteiger charge is 2.31. The summed E-state index contributed by atoms with van der Waals surface area (Å²) in [5.41, 5.74) is 1.37. The van der Waals surface area contributed by atoms with Gasteiger partial charge in [0.2, 0.25) is 5.91 Å². The fourth-order valence-corrected chi connectivity index (χ4v) is 3.85. The molecule has 4 rings (SSSR count). The number of anilines is 1. The normalized spacial score (nSPS) is 15.3. The molecule has 0 N–H and O–H groups in total. The fraction of sp³-hybridized carbons (Fsp3) is 0.333. The second-order valence-corrected chi connectivity index (χ2v) is 8.26. The van der Waals surface area contributed by atoms with Crippen LogP contribution in [0.2, 0.25) is 0 Å². The molecule has 7 nitrogen and oxygen atoms in total. The lowest BCUT2D eigenvalue weighted by molar-refractivity contribution is -0.138. The van der Waals surface area contributed by atoms with E-state index in [-0.39, 0.29) is 11.5 Å². The number of hydrogen-bond acceptors (Lipinski definition) is 5. The number of rotatable bonds is 4. The molecule has 10 heteroatoms. The summed E-state index contributed by atoms with van der Waals surface area (Å²) in [6, 6.07) is 12.3. The quantitative estimate of drug-likeness (QED) is 0.582. The topological polar surface area (TPSA) is 71.3 Å². The third-order valence-electron chi connectivity index (χ3n) is 5.89. The van der Waals surface area contributed by atoms with Crippen LogP contribution in [0.4, 0.5) is 19.0 Å². The van der Waals surface area contributed by atoms with Crippen molar-refractivity contribution in [1.29, 1.82) is 0 Å². The van der Waals surface area contributed by atoms with Gasteiger partial charge in [0.05, 0.1) is 11.3 Å². The molecule has 0 saturated carbocycles. The van der Waals surface area contributed by atoms with Gasteiger partial charge in [-0.25, -0.2) is 9.67 Å². The molecule has 1 aromatic carbocycles. The van der Waals surface area contributed by atoms with E-state index in [1.165, 1.54) is 16.8 Å². The van der Waals surface area contributed by atoms with Crippen LogP contribution < -0.4 is 10.5 Å². The molecule has 3 heterocycles. The van der Waals surface area contributed by atoms with Crippen molar-refractivity contribution in [3.05, 3.63) is 76.2 Å². The van der Waals surface area contributed by atoms with E-state index in [1.807, 2.05) is 36.1 Å². The Morgan fingerprint density at radius 3 is 2.24 bits per heavy atom. The zero-order valence-corrected chi connectivity index (χ0v) is 18.8. The maximum Gasteiger partial charge on any atom is 0.417 e. The van der Waals surface area contributed by atoms with Crippen molar-refractivity contribution >= 4 is 11.7 Å². The van der Waals surface area contributed by atoms with Gasteiger partial charge in [0.1, 0.15) is 11.9 Å². The predicted octanol–water partition coefficient (Wildman–Crippen LogP) is 3.54. The lowest BCUT2D eigenvalue weighted by Crippen LogP contribution is -2.51. The number of pyridine rings is 1. The van der Waals surface area contributed by atoms with Gasteiger partial charge in [0.25, 0.3) is 5.56 Å². The third kappa shape index (κ3) is 4.95. The van der Waals surface area contributed by atoms with Gasteiger partial charge in [0, 0.05) is 44.0 Å². The van der Waals surface area contributed by atoms with Crippen molar-refractivity contribution in [2.75, 3.05) is 31.1 Å². The van der Waals surface area contributed by atoms with E-state index in [9.17, 15) is 22.8 Å². The molecule has 0 radical (unpaired) electrons. The van der Waals surface area contributed by atoms with E-state index in [2.05, 4.69) is 10.1 Å². The third-order valence-corrected chi connectivity index (χ3v) is 5.89. The Balaban J connectivity index is 1.43. The number of aryl methyl sites for hydroxylation is 1. The van der Waals surface area contributed by atoms with Crippen LogP contribution in [-0.2, 0) is 11.0 Å².